The molecule has 1 aromatic rings. The molecule has 0 radical (unpaired) electrons. The Morgan fingerprint density at radius 2 is 0.769 bits per heavy atom. The first kappa shape index (κ1) is 21.6. The van der Waals surface area contributed by atoms with Gasteiger partial charge in [-0.05, 0) is 0 Å². The van der Waals surface area contributed by atoms with Crippen molar-refractivity contribution in [2.24, 2.45) is 0 Å². The maximum absolute atomic E-state index is 11.4. The topological polar surface area (TPSA) is 105 Å². The Morgan fingerprint density at radius 3 is 0.923 bits per heavy atom. The average molecular weight is 399 g/mol. The van der Waals surface area contributed by atoms with Crippen molar-refractivity contribution >= 4 is 51.4 Å². The van der Waals surface area contributed by atoms with Crippen molar-refractivity contribution in [2.75, 3.05) is 0 Å². The van der Waals surface area contributed by atoms with E-state index in [-0.39, 0.29) is 0 Å². The predicted octanol–water partition coefficient (Wildman–Crippen LogP) is 0.497. The van der Waals surface area contributed by atoms with Crippen molar-refractivity contribution in [3.8, 4) is 0 Å². The Labute approximate surface area is 153 Å². The lowest BCUT2D eigenvalue weighted by atomic mass is 10.4. The molecule has 0 fully saturated rings. The first-order valence-corrected chi connectivity index (χ1v) is 12.4. The minimum atomic E-state index is -3.30. The Hall–Kier alpha value is -2.47. The van der Waals surface area contributed by atoms with Crippen LogP contribution in [-0.2, 0) is 36.9 Å². The highest BCUT2D eigenvalue weighted by Crippen LogP contribution is 2.12. The molecular weight excluding hydrogens is 376 g/mol. The summed E-state index contributed by atoms with van der Waals surface area (Å²) in [5.74, 6) is -2.26. The highest BCUT2D eigenvalue weighted by molar-refractivity contribution is 6.83. The molecule has 8 nitrogen and oxygen atoms in total. The number of benzene rings is 1. The number of hydrogen-bond acceptors (Lipinski definition) is 8. The van der Waals surface area contributed by atoms with Gasteiger partial charge in [-0.1, -0.05) is 24.3 Å². The van der Waals surface area contributed by atoms with Crippen molar-refractivity contribution in [1.29, 1.82) is 0 Å². The van der Waals surface area contributed by atoms with Crippen molar-refractivity contribution in [1.82, 2.24) is 0 Å². The zero-order chi connectivity index (χ0) is 20.1. The van der Waals surface area contributed by atoms with Crippen LogP contribution in [0.25, 0.3) is 0 Å². The van der Waals surface area contributed by atoms with E-state index in [4.69, 9.17) is 17.7 Å². The third-order valence-electron chi connectivity index (χ3n) is 3.29. The van der Waals surface area contributed by atoms with Gasteiger partial charge in [0.2, 0.25) is 0 Å². The molecule has 0 aliphatic heterocycles. The molecule has 10 heteroatoms. The van der Waals surface area contributed by atoms with Crippen LogP contribution < -0.4 is 10.4 Å². The second-order valence-corrected chi connectivity index (χ2v) is 11.6. The third-order valence-corrected chi connectivity index (χ3v) is 8.76. The summed E-state index contributed by atoms with van der Waals surface area (Å²) < 4.78 is 21.1. The molecule has 0 aliphatic carbocycles. The summed E-state index contributed by atoms with van der Waals surface area (Å²) in [6.07, 6.45) is 0. The molecule has 1 rings (SSSR count). The summed E-state index contributed by atoms with van der Waals surface area (Å²) in [6, 6.07) is 6.41. The lowest BCUT2D eigenvalue weighted by Crippen LogP contribution is -2.56. The number of carbonyl (C=O) groups is 4. The van der Waals surface area contributed by atoms with Crippen LogP contribution in [0.4, 0.5) is 0 Å². The molecule has 0 unspecified atom stereocenters. The fourth-order valence-electron chi connectivity index (χ4n) is 2.45. The Kier molecular flexibility index (Phi) is 6.87. The molecule has 0 saturated heterocycles. The van der Waals surface area contributed by atoms with E-state index < -0.39 is 41.0 Å². The summed E-state index contributed by atoms with van der Waals surface area (Å²) in [6.45, 7) is 8.06. The summed E-state index contributed by atoms with van der Waals surface area (Å²) in [7, 11) is -6.59. The second kappa shape index (κ2) is 8.28. The number of rotatable bonds is 6. The van der Waals surface area contributed by atoms with Gasteiger partial charge >= 0.3 is 17.1 Å². The van der Waals surface area contributed by atoms with Crippen molar-refractivity contribution in [3.05, 3.63) is 24.3 Å². The van der Waals surface area contributed by atoms with Gasteiger partial charge in [0.05, 0.1) is 0 Å². The summed E-state index contributed by atoms with van der Waals surface area (Å²) >= 11 is 0. The SMILES string of the molecule is CC(=O)O[Si](C)(OC(C)=O)c1ccc([Si](C)(OC(C)=O)OC(C)=O)cc1. The van der Waals surface area contributed by atoms with Gasteiger partial charge in [0.15, 0.2) is 0 Å². The fourth-order valence-corrected chi connectivity index (χ4v) is 6.74. The van der Waals surface area contributed by atoms with Crippen LogP contribution in [0.2, 0.25) is 13.1 Å². The molecule has 142 valence electrons. The Balaban J connectivity index is 3.28. The first-order chi connectivity index (χ1) is 11.9. The van der Waals surface area contributed by atoms with Crippen LogP contribution in [0, 0.1) is 0 Å². The van der Waals surface area contributed by atoms with Gasteiger partial charge in [0.1, 0.15) is 0 Å². The number of carbonyl (C=O) groups excluding carboxylic acids is 4. The molecule has 1 aromatic carbocycles. The Bertz CT molecular complexity index is 620. The standard InChI is InChI=1S/C16H22O8Si2/c1-11(17)21-25(5,22-12(2)18)15-7-9-16(10-8-15)26(6,23-13(3)19)24-14(4)20/h7-10H,1-6H3. The van der Waals surface area contributed by atoms with Gasteiger partial charge in [0, 0.05) is 51.2 Å². The second-order valence-electron chi connectivity index (χ2n) is 5.84. The van der Waals surface area contributed by atoms with Crippen LogP contribution >= 0.6 is 0 Å². The van der Waals surface area contributed by atoms with E-state index in [0.717, 1.165) is 0 Å². The largest absolute Gasteiger partial charge is 0.496 e. The van der Waals surface area contributed by atoms with E-state index in [1.807, 2.05) is 0 Å². The van der Waals surface area contributed by atoms with Gasteiger partial charge < -0.3 is 17.7 Å². The van der Waals surface area contributed by atoms with Crippen LogP contribution in [0.5, 0.6) is 0 Å². The molecule has 0 spiro atoms. The zero-order valence-corrected chi connectivity index (χ0v) is 17.6. The van der Waals surface area contributed by atoms with Crippen LogP contribution in [-0.4, -0.2) is 41.0 Å². The van der Waals surface area contributed by atoms with Gasteiger partial charge in [-0.15, -0.1) is 0 Å². The lowest BCUT2D eigenvalue weighted by molar-refractivity contribution is -0.140. The molecule has 0 N–H and O–H groups in total. The van der Waals surface area contributed by atoms with E-state index in [2.05, 4.69) is 0 Å². The van der Waals surface area contributed by atoms with E-state index in [1.54, 1.807) is 37.4 Å². The molecular formula is C16H22O8Si2. The maximum atomic E-state index is 11.4. The third kappa shape index (κ3) is 5.81. The molecule has 0 atom stereocenters. The maximum Gasteiger partial charge on any atom is 0.496 e. The quantitative estimate of drug-likeness (QED) is 0.638. The van der Waals surface area contributed by atoms with E-state index in [9.17, 15) is 19.2 Å². The molecule has 26 heavy (non-hydrogen) atoms. The van der Waals surface area contributed by atoms with Gasteiger partial charge in [0.25, 0.3) is 23.9 Å². The molecule has 0 bridgehead atoms. The monoisotopic (exact) mass is 398 g/mol. The molecule has 0 saturated carbocycles. The molecule has 0 amide bonds. The highest BCUT2D eigenvalue weighted by Gasteiger charge is 2.44. The van der Waals surface area contributed by atoms with Crippen LogP contribution in [0.15, 0.2) is 24.3 Å². The van der Waals surface area contributed by atoms with Crippen molar-refractivity contribution < 1.29 is 36.9 Å². The smallest absolute Gasteiger partial charge is 0.482 e. The fraction of sp³-hybridized carbons (Fsp3) is 0.375. The molecule has 0 aliphatic rings. The first-order valence-electron chi connectivity index (χ1n) is 7.77. The average Bonchev–Trinajstić information content (AvgIpc) is 2.43. The van der Waals surface area contributed by atoms with Crippen molar-refractivity contribution in [2.45, 2.75) is 40.8 Å². The van der Waals surface area contributed by atoms with Crippen LogP contribution in [0.1, 0.15) is 27.7 Å². The zero-order valence-electron chi connectivity index (χ0n) is 15.6. The summed E-state index contributed by atoms with van der Waals surface area (Å²) in [5, 5.41) is 1.04. The summed E-state index contributed by atoms with van der Waals surface area (Å²) in [4.78, 5) is 45.6. The van der Waals surface area contributed by atoms with Gasteiger partial charge in [-0.2, -0.15) is 0 Å². The van der Waals surface area contributed by atoms with E-state index in [1.165, 1.54) is 27.7 Å². The number of hydrogen-bond donors (Lipinski definition) is 0. The van der Waals surface area contributed by atoms with Crippen LogP contribution in [0.3, 0.4) is 0 Å². The minimum absolute atomic E-state index is 0.522. The van der Waals surface area contributed by atoms with E-state index >= 15 is 0 Å². The van der Waals surface area contributed by atoms with E-state index in [0.29, 0.717) is 10.4 Å². The molecule has 0 heterocycles. The molecule has 0 aromatic heterocycles. The lowest BCUT2D eigenvalue weighted by Gasteiger charge is -2.27. The Morgan fingerprint density at radius 1 is 0.577 bits per heavy atom. The highest BCUT2D eigenvalue weighted by atomic mass is 28.4. The minimum Gasteiger partial charge on any atom is -0.482 e. The normalized spacial score (nSPS) is 11.3. The van der Waals surface area contributed by atoms with Gasteiger partial charge in [-0.25, -0.2) is 0 Å². The summed E-state index contributed by atoms with van der Waals surface area (Å²) in [5.41, 5.74) is 0. The van der Waals surface area contributed by atoms with Crippen molar-refractivity contribution in [3.63, 3.8) is 0 Å². The van der Waals surface area contributed by atoms with Gasteiger partial charge in [-0.3, -0.25) is 19.2 Å². The predicted molar refractivity (Wildman–Crippen MR) is 96.0 cm³/mol.